The molecule has 0 bridgehead atoms. The van der Waals surface area contributed by atoms with E-state index in [1.165, 1.54) is 0 Å². The lowest BCUT2D eigenvalue weighted by Crippen LogP contribution is -2.09. The van der Waals surface area contributed by atoms with Crippen molar-refractivity contribution in [2.24, 2.45) is 0 Å². The summed E-state index contributed by atoms with van der Waals surface area (Å²) in [6.07, 6.45) is 1.73. The number of halogens is 1. The first-order valence-corrected chi connectivity index (χ1v) is 6.69. The van der Waals surface area contributed by atoms with Crippen molar-refractivity contribution in [1.82, 2.24) is 9.97 Å². The molecule has 0 saturated carbocycles. The van der Waals surface area contributed by atoms with Crippen LogP contribution in [0.25, 0.3) is 22.0 Å². The average molecular weight is 285 g/mol. The van der Waals surface area contributed by atoms with Crippen molar-refractivity contribution < 1.29 is 0 Å². The standard InChI is InChI=1S/C16H13ClN2O/c1-9-7-13-14(11-3-5-12(17)6-4-11)8-18-16(20)15(13)19-10(9)2/h3-8H,1-2H3,(H,18,20). The minimum Gasteiger partial charge on any atom is -0.327 e. The minimum absolute atomic E-state index is 0.166. The Morgan fingerprint density at radius 2 is 1.85 bits per heavy atom. The molecular weight excluding hydrogens is 272 g/mol. The summed E-state index contributed by atoms with van der Waals surface area (Å²) >= 11 is 5.92. The molecule has 0 aliphatic rings. The molecule has 0 spiro atoms. The van der Waals surface area contributed by atoms with E-state index in [2.05, 4.69) is 9.97 Å². The molecule has 0 atom stereocenters. The third-order valence-corrected chi connectivity index (χ3v) is 3.73. The van der Waals surface area contributed by atoms with Crippen LogP contribution in [0.1, 0.15) is 11.3 Å². The molecule has 0 fully saturated rings. The lowest BCUT2D eigenvalue weighted by molar-refractivity contribution is 1.16. The molecule has 20 heavy (non-hydrogen) atoms. The number of nitrogens with one attached hydrogen (secondary N) is 1. The van der Waals surface area contributed by atoms with Crippen LogP contribution >= 0.6 is 11.6 Å². The molecule has 3 rings (SSSR count). The Bertz CT molecular complexity index is 851. The Morgan fingerprint density at radius 3 is 2.55 bits per heavy atom. The molecule has 2 heterocycles. The maximum atomic E-state index is 11.9. The fraction of sp³-hybridized carbons (Fsp3) is 0.125. The summed E-state index contributed by atoms with van der Waals surface area (Å²) in [7, 11) is 0. The number of hydrogen-bond donors (Lipinski definition) is 1. The van der Waals surface area contributed by atoms with Gasteiger partial charge in [-0.25, -0.2) is 4.98 Å². The van der Waals surface area contributed by atoms with E-state index in [-0.39, 0.29) is 5.56 Å². The SMILES string of the molecule is Cc1cc2c(-c3ccc(Cl)cc3)c[nH]c(=O)c2nc1C. The van der Waals surface area contributed by atoms with Gasteiger partial charge in [0.15, 0.2) is 0 Å². The molecule has 0 aliphatic carbocycles. The number of nitrogens with zero attached hydrogens (tertiary/aromatic N) is 1. The fourth-order valence-corrected chi connectivity index (χ4v) is 2.36. The van der Waals surface area contributed by atoms with Gasteiger partial charge in [0.1, 0.15) is 5.52 Å². The molecule has 2 aromatic heterocycles. The lowest BCUT2D eigenvalue weighted by atomic mass is 10.0. The molecule has 0 amide bonds. The second-order valence-electron chi connectivity index (χ2n) is 4.83. The Hall–Kier alpha value is -2.13. The highest BCUT2D eigenvalue weighted by Gasteiger charge is 2.10. The van der Waals surface area contributed by atoms with Gasteiger partial charge in [-0.1, -0.05) is 23.7 Å². The van der Waals surface area contributed by atoms with Crippen LogP contribution in [0.3, 0.4) is 0 Å². The number of aryl methyl sites for hydroxylation is 2. The maximum Gasteiger partial charge on any atom is 0.274 e. The largest absolute Gasteiger partial charge is 0.327 e. The van der Waals surface area contributed by atoms with Crippen molar-refractivity contribution in [2.75, 3.05) is 0 Å². The molecule has 1 N–H and O–H groups in total. The van der Waals surface area contributed by atoms with Crippen molar-refractivity contribution in [2.45, 2.75) is 13.8 Å². The van der Waals surface area contributed by atoms with Gasteiger partial charge in [0.05, 0.1) is 0 Å². The molecule has 3 nitrogen and oxygen atoms in total. The number of H-pyrrole nitrogens is 1. The van der Waals surface area contributed by atoms with Crippen molar-refractivity contribution in [1.29, 1.82) is 0 Å². The van der Waals surface area contributed by atoms with Crippen LogP contribution in [0, 0.1) is 13.8 Å². The first kappa shape index (κ1) is 12.9. The van der Waals surface area contributed by atoms with Crippen molar-refractivity contribution in [3.05, 3.63) is 63.2 Å². The van der Waals surface area contributed by atoms with Crippen LogP contribution in [0.2, 0.25) is 5.02 Å². The molecule has 4 heteroatoms. The van der Waals surface area contributed by atoms with Crippen LogP contribution in [-0.2, 0) is 0 Å². The number of aromatic amines is 1. The number of aromatic nitrogens is 2. The van der Waals surface area contributed by atoms with E-state index in [4.69, 9.17) is 11.6 Å². The predicted molar refractivity (Wildman–Crippen MR) is 82.3 cm³/mol. The molecule has 1 aromatic carbocycles. The third-order valence-electron chi connectivity index (χ3n) is 3.47. The van der Waals surface area contributed by atoms with Gasteiger partial charge in [-0.2, -0.15) is 0 Å². The Labute approximate surface area is 121 Å². The topological polar surface area (TPSA) is 45.8 Å². The average Bonchev–Trinajstić information content (AvgIpc) is 2.43. The first-order chi connectivity index (χ1) is 9.56. The summed E-state index contributed by atoms with van der Waals surface area (Å²) < 4.78 is 0. The summed E-state index contributed by atoms with van der Waals surface area (Å²) in [5.74, 6) is 0. The summed E-state index contributed by atoms with van der Waals surface area (Å²) in [5.41, 5.74) is 4.20. The maximum absolute atomic E-state index is 11.9. The van der Waals surface area contributed by atoms with Crippen LogP contribution in [-0.4, -0.2) is 9.97 Å². The number of hydrogen-bond acceptors (Lipinski definition) is 2. The van der Waals surface area contributed by atoms with Crippen molar-refractivity contribution in [3.8, 4) is 11.1 Å². The van der Waals surface area contributed by atoms with E-state index in [0.29, 0.717) is 10.5 Å². The van der Waals surface area contributed by atoms with E-state index in [1.807, 2.05) is 44.2 Å². The molecule has 0 saturated heterocycles. The highest BCUT2D eigenvalue weighted by atomic mass is 35.5. The second-order valence-corrected chi connectivity index (χ2v) is 5.26. The zero-order valence-corrected chi connectivity index (χ0v) is 12.0. The van der Waals surface area contributed by atoms with Gasteiger partial charge in [0, 0.05) is 27.9 Å². The Morgan fingerprint density at radius 1 is 1.15 bits per heavy atom. The summed E-state index contributed by atoms with van der Waals surface area (Å²) in [5, 5.41) is 1.55. The molecule has 100 valence electrons. The summed E-state index contributed by atoms with van der Waals surface area (Å²) in [4.78, 5) is 19.1. The molecule has 0 unspecified atom stereocenters. The number of benzene rings is 1. The van der Waals surface area contributed by atoms with E-state index >= 15 is 0 Å². The van der Waals surface area contributed by atoms with Gasteiger partial charge in [0.2, 0.25) is 0 Å². The first-order valence-electron chi connectivity index (χ1n) is 6.32. The van der Waals surface area contributed by atoms with Crippen LogP contribution in [0.15, 0.2) is 41.3 Å². The predicted octanol–water partition coefficient (Wildman–Crippen LogP) is 3.86. The van der Waals surface area contributed by atoms with E-state index in [1.54, 1.807) is 6.20 Å². The van der Waals surface area contributed by atoms with Gasteiger partial charge in [-0.3, -0.25) is 4.79 Å². The summed E-state index contributed by atoms with van der Waals surface area (Å²) in [6, 6.07) is 9.55. The van der Waals surface area contributed by atoms with Gasteiger partial charge in [-0.15, -0.1) is 0 Å². The molecule has 3 aromatic rings. The zero-order valence-electron chi connectivity index (χ0n) is 11.2. The molecular formula is C16H13ClN2O. The van der Waals surface area contributed by atoms with E-state index < -0.39 is 0 Å². The van der Waals surface area contributed by atoms with Gasteiger partial charge >= 0.3 is 0 Å². The minimum atomic E-state index is -0.166. The fourth-order valence-electron chi connectivity index (χ4n) is 2.24. The van der Waals surface area contributed by atoms with Crippen molar-refractivity contribution in [3.63, 3.8) is 0 Å². The molecule has 0 radical (unpaired) electrons. The van der Waals surface area contributed by atoms with Gasteiger partial charge < -0.3 is 4.98 Å². The van der Waals surface area contributed by atoms with E-state index in [9.17, 15) is 4.79 Å². The van der Waals surface area contributed by atoms with Crippen LogP contribution in [0.5, 0.6) is 0 Å². The smallest absolute Gasteiger partial charge is 0.274 e. The Kier molecular flexibility index (Phi) is 3.07. The highest BCUT2D eigenvalue weighted by molar-refractivity contribution is 6.30. The van der Waals surface area contributed by atoms with E-state index in [0.717, 1.165) is 27.8 Å². The van der Waals surface area contributed by atoms with Gasteiger partial charge in [-0.05, 0) is 43.2 Å². The quantitative estimate of drug-likeness (QED) is 0.737. The normalized spacial score (nSPS) is 10.9. The highest BCUT2D eigenvalue weighted by Crippen LogP contribution is 2.27. The molecule has 0 aliphatic heterocycles. The number of rotatable bonds is 1. The van der Waals surface area contributed by atoms with Gasteiger partial charge in [0.25, 0.3) is 5.56 Å². The zero-order chi connectivity index (χ0) is 14.3. The van der Waals surface area contributed by atoms with Crippen LogP contribution in [0.4, 0.5) is 0 Å². The lowest BCUT2D eigenvalue weighted by Gasteiger charge is -2.08. The summed E-state index contributed by atoms with van der Waals surface area (Å²) in [6.45, 7) is 3.90. The second kappa shape index (κ2) is 4.76. The van der Waals surface area contributed by atoms with Crippen molar-refractivity contribution >= 4 is 22.5 Å². The monoisotopic (exact) mass is 284 g/mol. The number of pyridine rings is 2. The Balaban J connectivity index is 2.37. The van der Waals surface area contributed by atoms with Crippen LogP contribution < -0.4 is 5.56 Å². The third kappa shape index (κ3) is 2.10. The number of fused-ring (bicyclic) bond motifs is 1.